The Morgan fingerprint density at radius 3 is 2.81 bits per heavy atom. The molecule has 0 aromatic carbocycles. The molecule has 0 bridgehead atoms. The second kappa shape index (κ2) is 5.62. The summed E-state index contributed by atoms with van der Waals surface area (Å²) in [6.45, 7) is 4.08. The summed E-state index contributed by atoms with van der Waals surface area (Å²) in [4.78, 5) is 4.21. The van der Waals surface area contributed by atoms with E-state index in [1.165, 1.54) is 0 Å². The monoisotopic (exact) mass is 242 g/mol. The Bertz CT molecular complexity index is 342. The quantitative estimate of drug-likeness (QED) is 0.864. The molecule has 1 aromatic rings. The SMILES string of the molecule is COC(C)(C)CCC(N)c1ncccc1Cl. The van der Waals surface area contributed by atoms with Gasteiger partial charge in [0.25, 0.3) is 0 Å². The Morgan fingerprint density at radius 1 is 1.56 bits per heavy atom. The highest BCUT2D eigenvalue weighted by atomic mass is 35.5. The maximum absolute atomic E-state index is 6.06. The van der Waals surface area contributed by atoms with Gasteiger partial charge in [-0.15, -0.1) is 0 Å². The summed E-state index contributed by atoms with van der Waals surface area (Å²) >= 11 is 6.03. The molecule has 0 fully saturated rings. The molecule has 90 valence electrons. The number of nitrogens with zero attached hydrogens (tertiary/aromatic N) is 1. The van der Waals surface area contributed by atoms with Crippen LogP contribution in [0.3, 0.4) is 0 Å². The molecule has 0 amide bonds. The zero-order valence-corrected chi connectivity index (χ0v) is 10.8. The first-order valence-corrected chi connectivity index (χ1v) is 5.75. The smallest absolute Gasteiger partial charge is 0.0756 e. The number of methoxy groups -OCH3 is 1. The molecule has 1 atom stereocenters. The van der Waals surface area contributed by atoms with Crippen molar-refractivity contribution in [3.8, 4) is 0 Å². The number of aromatic nitrogens is 1. The highest BCUT2D eigenvalue weighted by Crippen LogP contribution is 2.25. The van der Waals surface area contributed by atoms with E-state index < -0.39 is 0 Å². The van der Waals surface area contributed by atoms with Crippen molar-refractivity contribution in [1.82, 2.24) is 4.98 Å². The molecule has 0 aliphatic rings. The number of hydrogen-bond donors (Lipinski definition) is 1. The van der Waals surface area contributed by atoms with Crippen LogP contribution in [0.2, 0.25) is 5.02 Å². The molecule has 16 heavy (non-hydrogen) atoms. The van der Waals surface area contributed by atoms with Crippen LogP contribution in [0.1, 0.15) is 38.4 Å². The first-order valence-electron chi connectivity index (χ1n) is 5.37. The summed E-state index contributed by atoms with van der Waals surface area (Å²) in [5.41, 5.74) is 6.66. The van der Waals surface area contributed by atoms with Crippen molar-refractivity contribution in [2.24, 2.45) is 5.73 Å². The van der Waals surface area contributed by atoms with E-state index in [-0.39, 0.29) is 11.6 Å². The van der Waals surface area contributed by atoms with Crippen LogP contribution in [0.15, 0.2) is 18.3 Å². The molecule has 0 saturated carbocycles. The molecule has 4 heteroatoms. The summed E-state index contributed by atoms with van der Waals surface area (Å²) < 4.78 is 5.35. The molecule has 0 aliphatic heterocycles. The van der Waals surface area contributed by atoms with Gasteiger partial charge < -0.3 is 10.5 Å². The third kappa shape index (κ3) is 3.74. The fourth-order valence-corrected chi connectivity index (χ4v) is 1.67. The molecular formula is C12H19ClN2O. The van der Waals surface area contributed by atoms with Gasteiger partial charge in [-0.3, -0.25) is 4.98 Å². The first kappa shape index (κ1) is 13.4. The minimum atomic E-state index is -0.154. The standard InChI is InChI=1S/C12H19ClN2O/c1-12(2,16-3)7-6-10(14)11-9(13)5-4-8-15-11/h4-5,8,10H,6-7,14H2,1-3H3. The van der Waals surface area contributed by atoms with Gasteiger partial charge in [0.05, 0.1) is 16.3 Å². The van der Waals surface area contributed by atoms with E-state index in [0.29, 0.717) is 5.02 Å². The zero-order chi connectivity index (χ0) is 12.2. The van der Waals surface area contributed by atoms with Crippen LogP contribution in [0, 0.1) is 0 Å². The third-order valence-corrected chi connectivity index (χ3v) is 3.07. The van der Waals surface area contributed by atoms with Gasteiger partial charge >= 0.3 is 0 Å². The van der Waals surface area contributed by atoms with Gasteiger partial charge in [-0.25, -0.2) is 0 Å². The molecule has 1 heterocycles. The molecule has 2 N–H and O–H groups in total. The van der Waals surface area contributed by atoms with Crippen molar-refractivity contribution in [2.45, 2.75) is 38.3 Å². The van der Waals surface area contributed by atoms with Gasteiger partial charge in [0.15, 0.2) is 0 Å². The number of rotatable bonds is 5. The lowest BCUT2D eigenvalue weighted by atomic mass is 9.97. The van der Waals surface area contributed by atoms with Gasteiger partial charge in [-0.2, -0.15) is 0 Å². The molecule has 1 unspecified atom stereocenters. The molecular weight excluding hydrogens is 224 g/mol. The van der Waals surface area contributed by atoms with Crippen molar-refractivity contribution in [1.29, 1.82) is 0 Å². The molecule has 1 rings (SSSR count). The third-order valence-electron chi connectivity index (χ3n) is 2.75. The molecule has 0 spiro atoms. The van der Waals surface area contributed by atoms with Crippen LogP contribution in [-0.2, 0) is 4.74 Å². The fourth-order valence-electron chi connectivity index (χ4n) is 1.41. The van der Waals surface area contributed by atoms with E-state index >= 15 is 0 Å². The second-order valence-corrected chi connectivity index (χ2v) is 4.89. The summed E-state index contributed by atoms with van der Waals surface area (Å²) in [6, 6.07) is 3.48. The van der Waals surface area contributed by atoms with Gasteiger partial charge in [0.2, 0.25) is 0 Å². The summed E-state index contributed by atoms with van der Waals surface area (Å²) in [6.07, 6.45) is 3.39. The Balaban J connectivity index is 2.60. The maximum Gasteiger partial charge on any atom is 0.0756 e. The number of ether oxygens (including phenoxy) is 1. The normalized spacial score (nSPS) is 13.8. The molecule has 0 aliphatic carbocycles. The molecule has 1 aromatic heterocycles. The highest BCUT2D eigenvalue weighted by molar-refractivity contribution is 6.31. The zero-order valence-electron chi connectivity index (χ0n) is 10.0. The second-order valence-electron chi connectivity index (χ2n) is 4.48. The van der Waals surface area contributed by atoms with Gasteiger partial charge in [0.1, 0.15) is 0 Å². The molecule has 0 radical (unpaired) electrons. The fraction of sp³-hybridized carbons (Fsp3) is 0.583. The number of nitrogens with two attached hydrogens (primary N) is 1. The minimum absolute atomic E-state index is 0.136. The van der Waals surface area contributed by atoms with Crippen LogP contribution in [0.4, 0.5) is 0 Å². The Hall–Kier alpha value is -0.640. The Morgan fingerprint density at radius 2 is 2.25 bits per heavy atom. The lowest BCUT2D eigenvalue weighted by Crippen LogP contribution is -2.25. The van der Waals surface area contributed by atoms with Crippen LogP contribution < -0.4 is 5.73 Å². The van der Waals surface area contributed by atoms with Gasteiger partial charge in [-0.1, -0.05) is 11.6 Å². The van der Waals surface area contributed by atoms with E-state index in [9.17, 15) is 0 Å². The van der Waals surface area contributed by atoms with Gasteiger partial charge in [0, 0.05) is 19.3 Å². The average Bonchev–Trinajstić information content (AvgIpc) is 2.27. The Labute approximate surface area is 102 Å². The predicted octanol–water partition coefficient (Wildman–Crippen LogP) is 2.94. The van der Waals surface area contributed by atoms with Crippen LogP contribution in [0.5, 0.6) is 0 Å². The summed E-state index contributed by atoms with van der Waals surface area (Å²) in [7, 11) is 1.71. The predicted molar refractivity (Wildman–Crippen MR) is 66.5 cm³/mol. The number of pyridine rings is 1. The molecule has 0 saturated heterocycles. The number of hydrogen-bond acceptors (Lipinski definition) is 3. The molecule has 3 nitrogen and oxygen atoms in total. The van der Waals surface area contributed by atoms with Crippen LogP contribution in [0.25, 0.3) is 0 Å². The summed E-state index contributed by atoms with van der Waals surface area (Å²) in [5.74, 6) is 0. The first-order chi connectivity index (χ1) is 7.46. The van der Waals surface area contributed by atoms with Crippen molar-refractivity contribution in [3.63, 3.8) is 0 Å². The Kier molecular flexibility index (Phi) is 4.71. The average molecular weight is 243 g/mol. The van der Waals surface area contributed by atoms with E-state index in [1.54, 1.807) is 19.4 Å². The van der Waals surface area contributed by atoms with Crippen molar-refractivity contribution < 1.29 is 4.74 Å². The minimum Gasteiger partial charge on any atom is -0.379 e. The van der Waals surface area contributed by atoms with E-state index in [1.807, 2.05) is 19.9 Å². The van der Waals surface area contributed by atoms with E-state index in [4.69, 9.17) is 22.1 Å². The van der Waals surface area contributed by atoms with E-state index in [2.05, 4.69) is 4.98 Å². The van der Waals surface area contributed by atoms with Crippen molar-refractivity contribution in [3.05, 3.63) is 29.0 Å². The maximum atomic E-state index is 6.06. The number of halogens is 1. The van der Waals surface area contributed by atoms with Gasteiger partial charge in [-0.05, 0) is 38.8 Å². The van der Waals surface area contributed by atoms with E-state index in [0.717, 1.165) is 18.5 Å². The lowest BCUT2D eigenvalue weighted by molar-refractivity contribution is 0.0124. The lowest BCUT2D eigenvalue weighted by Gasteiger charge is -2.24. The van der Waals surface area contributed by atoms with Crippen molar-refractivity contribution in [2.75, 3.05) is 7.11 Å². The van der Waals surface area contributed by atoms with Crippen molar-refractivity contribution >= 4 is 11.6 Å². The largest absolute Gasteiger partial charge is 0.379 e. The topological polar surface area (TPSA) is 48.1 Å². The highest BCUT2D eigenvalue weighted by Gasteiger charge is 2.19. The summed E-state index contributed by atoms with van der Waals surface area (Å²) in [5, 5.41) is 0.630. The van der Waals surface area contributed by atoms with Crippen LogP contribution >= 0.6 is 11.6 Å². The van der Waals surface area contributed by atoms with Crippen LogP contribution in [-0.4, -0.2) is 17.7 Å².